The summed E-state index contributed by atoms with van der Waals surface area (Å²) in [4.78, 5) is 28.2. The van der Waals surface area contributed by atoms with Crippen molar-refractivity contribution in [3.63, 3.8) is 0 Å². The Balaban J connectivity index is 1.65. The van der Waals surface area contributed by atoms with Crippen LogP contribution in [0.3, 0.4) is 0 Å². The van der Waals surface area contributed by atoms with Crippen molar-refractivity contribution in [1.29, 1.82) is 0 Å². The predicted octanol–water partition coefficient (Wildman–Crippen LogP) is 6.37. The van der Waals surface area contributed by atoms with E-state index in [1.807, 2.05) is 0 Å². The van der Waals surface area contributed by atoms with Crippen molar-refractivity contribution in [2.45, 2.75) is 24.9 Å². The van der Waals surface area contributed by atoms with Gasteiger partial charge in [-0.3, -0.25) is 5.32 Å². The molecule has 0 bridgehead atoms. The van der Waals surface area contributed by atoms with Crippen LogP contribution in [0.5, 0.6) is 0 Å². The van der Waals surface area contributed by atoms with Gasteiger partial charge >= 0.3 is 12.1 Å². The number of anilines is 1. The zero-order valence-corrected chi connectivity index (χ0v) is 21.5. The number of carbonyl (C=O) groups is 2. The van der Waals surface area contributed by atoms with Gasteiger partial charge in [0.2, 0.25) is 0 Å². The number of hydrogen-bond donors (Lipinski definition) is 2. The van der Waals surface area contributed by atoms with Crippen molar-refractivity contribution in [2.24, 2.45) is 5.11 Å². The largest absolute Gasteiger partial charge is 0.447 e. The second-order valence-corrected chi connectivity index (χ2v) is 8.77. The number of nitrogens with zero attached hydrogens (tertiary/aromatic N) is 5. The number of hydrogen-bond acceptors (Lipinski definition) is 6. The van der Waals surface area contributed by atoms with Crippen LogP contribution in [0.4, 0.5) is 33.0 Å². The molecule has 0 saturated carbocycles. The summed E-state index contributed by atoms with van der Waals surface area (Å²) in [6.45, 7) is -2.11. The Morgan fingerprint density at radius 2 is 2.00 bits per heavy atom. The molecule has 2 N–H and O–H groups in total. The van der Waals surface area contributed by atoms with Gasteiger partial charge in [0.25, 0.3) is 5.92 Å². The van der Waals surface area contributed by atoms with Gasteiger partial charge in [0.05, 0.1) is 17.6 Å². The molecule has 212 valence electrons. The molecule has 3 amide bonds. The van der Waals surface area contributed by atoms with E-state index in [-0.39, 0.29) is 28.7 Å². The molecule has 0 aliphatic rings. The fraction of sp³-hybridized carbons (Fsp3) is 0.292. The fourth-order valence-corrected chi connectivity index (χ4v) is 3.62. The molecular formula is C24H22ClF4N7O4. The van der Waals surface area contributed by atoms with E-state index >= 15 is 0 Å². The molecule has 3 aromatic rings. The lowest BCUT2D eigenvalue weighted by molar-refractivity contribution is -0.0259. The van der Waals surface area contributed by atoms with Gasteiger partial charge < -0.3 is 19.5 Å². The number of carbonyl (C=O) groups excluding carboxylic acids is 2. The molecule has 40 heavy (non-hydrogen) atoms. The number of aromatic nitrogens is 1. The van der Waals surface area contributed by atoms with Crippen LogP contribution in [0.2, 0.25) is 5.02 Å². The minimum absolute atomic E-state index is 0.104. The number of likely N-dealkylation sites (N-methyl/N-ethyl adjacent to an activating group) is 1. The van der Waals surface area contributed by atoms with E-state index in [1.165, 1.54) is 43.4 Å². The zero-order valence-electron chi connectivity index (χ0n) is 20.8. The summed E-state index contributed by atoms with van der Waals surface area (Å²) in [7, 11) is 1.18. The Hall–Kier alpha value is -4.49. The Morgan fingerprint density at radius 3 is 2.73 bits per heavy atom. The van der Waals surface area contributed by atoms with Crippen LogP contribution in [0.15, 0.2) is 58.2 Å². The van der Waals surface area contributed by atoms with Crippen LogP contribution in [0.1, 0.15) is 12.0 Å². The first-order valence-electron chi connectivity index (χ1n) is 11.5. The summed E-state index contributed by atoms with van der Waals surface area (Å²) in [5, 5.41) is 11.0. The lowest BCUT2D eigenvalue weighted by Crippen LogP contribution is -2.48. The highest BCUT2D eigenvalue weighted by Gasteiger charge is 2.36. The van der Waals surface area contributed by atoms with Gasteiger partial charge in [-0.2, -0.15) is 0 Å². The maximum Gasteiger partial charge on any atom is 0.412 e. The second-order valence-electron chi connectivity index (χ2n) is 8.40. The number of ether oxygens (including phenoxy) is 1. The molecule has 3 rings (SSSR count). The first-order chi connectivity index (χ1) is 19.0. The molecule has 0 radical (unpaired) electrons. The van der Waals surface area contributed by atoms with Gasteiger partial charge in [0, 0.05) is 36.6 Å². The minimum atomic E-state index is -3.55. The SMILES string of the molecule is CN(C(=O)NCc1cccc(F)c1Cl)[C@H](COC(=O)Nc1cc(-c2cccc(F)c2)on1)CC(F)(F)CN=[N+]=[N-]. The summed E-state index contributed by atoms with van der Waals surface area (Å²) >= 11 is 5.88. The monoisotopic (exact) mass is 583 g/mol. The maximum atomic E-state index is 14.4. The number of halogens is 5. The summed E-state index contributed by atoms with van der Waals surface area (Å²) in [5.74, 6) is -4.73. The van der Waals surface area contributed by atoms with E-state index in [0.29, 0.717) is 5.56 Å². The molecule has 0 fully saturated rings. The highest BCUT2D eigenvalue weighted by Crippen LogP contribution is 2.25. The van der Waals surface area contributed by atoms with Crippen LogP contribution in [-0.2, 0) is 11.3 Å². The quantitative estimate of drug-likeness (QED) is 0.117. The Kier molecular flexibility index (Phi) is 10.2. The second kappa shape index (κ2) is 13.5. The molecule has 0 unspecified atom stereocenters. The number of alkyl halides is 2. The van der Waals surface area contributed by atoms with Gasteiger partial charge in [0.1, 0.15) is 18.2 Å². The predicted molar refractivity (Wildman–Crippen MR) is 136 cm³/mol. The third-order valence-electron chi connectivity index (χ3n) is 5.49. The van der Waals surface area contributed by atoms with Crippen molar-refractivity contribution >= 4 is 29.5 Å². The van der Waals surface area contributed by atoms with Crippen molar-refractivity contribution < 1.29 is 36.4 Å². The van der Waals surface area contributed by atoms with Crippen molar-refractivity contribution in [2.75, 3.05) is 25.5 Å². The van der Waals surface area contributed by atoms with Crippen LogP contribution in [0.25, 0.3) is 21.8 Å². The first-order valence-corrected chi connectivity index (χ1v) is 11.9. The molecule has 16 heteroatoms. The van der Waals surface area contributed by atoms with E-state index in [1.54, 1.807) is 6.07 Å². The Labute approximate surface area is 229 Å². The van der Waals surface area contributed by atoms with E-state index in [4.69, 9.17) is 26.4 Å². The zero-order chi connectivity index (χ0) is 29.3. The molecular weight excluding hydrogens is 562 g/mol. The highest BCUT2D eigenvalue weighted by molar-refractivity contribution is 6.31. The third-order valence-corrected chi connectivity index (χ3v) is 5.91. The minimum Gasteiger partial charge on any atom is -0.447 e. The molecule has 1 aromatic heterocycles. The van der Waals surface area contributed by atoms with E-state index < -0.39 is 55.3 Å². The van der Waals surface area contributed by atoms with Crippen LogP contribution in [0, 0.1) is 11.6 Å². The summed E-state index contributed by atoms with van der Waals surface area (Å²) in [6, 6.07) is 8.44. The topological polar surface area (TPSA) is 145 Å². The standard InChI is InChI=1S/C24H22ClF4N7O4/c1-36(22(37)31-11-15-5-3-7-18(27)21(15)25)17(10-24(28,29)13-32-35-30)12-39-23(38)33-20-9-19(40-34-20)14-4-2-6-16(26)8-14/h2-9,17H,10-13H2,1H3,(H,31,37)(H,33,34,38)/t17-/m0/s1. The number of benzene rings is 2. The lowest BCUT2D eigenvalue weighted by Gasteiger charge is -2.30. The molecule has 0 aliphatic carbocycles. The van der Waals surface area contributed by atoms with E-state index in [9.17, 15) is 27.2 Å². The molecule has 11 nitrogen and oxygen atoms in total. The van der Waals surface area contributed by atoms with Crippen molar-refractivity contribution in [3.05, 3.63) is 81.2 Å². The number of nitrogens with one attached hydrogen (secondary N) is 2. The molecule has 1 heterocycles. The fourth-order valence-electron chi connectivity index (χ4n) is 3.42. The van der Waals surface area contributed by atoms with Crippen molar-refractivity contribution in [1.82, 2.24) is 15.4 Å². The van der Waals surface area contributed by atoms with Crippen LogP contribution < -0.4 is 10.6 Å². The summed E-state index contributed by atoms with van der Waals surface area (Å²) in [5.41, 5.74) is 8.98. The van der Waals surface area contributed by atoms with E-state index in [0.717, 1.165) is 11.0 Å². The average Bonchev–Trinajstić information content (AvgIpc) is 3.38. The highest BCUT2D eigenvalue weighted by atomic mass is 35.5. The van der Waals surface area contributed by atoms with Gasteiger partial charge in [-0.15, -0.1) is 0 Å². The van der Waals surface area contributed by atoms with Gasteiger partial charge in [-0.25, -0.2) is 27.2 Å². The summed E-state index contributed by atoms with van der Waals surface area (Å²) < 4.78 is 66.0. The maximum absolute atomic E-state index is 14.4. The molecule has 0 spiro atoms. The Bertz CT molecular complexity index is 1400. The van der Waals surface area contributed by atoms with Crippen LogP contribution in [-0.4, -0.2) is 54.3 Å². The number of amides is 3. The van der Waals surface area contributed by atoms with E-state index in [2.05, 4.69) is 25.8 Å². The van der Waals surface area contributed by atoms with Gasteiger partial charge in [-0.1, -0.05) is 46.1 Å². The molecule has 1 atom stereocenters. The van der Waals surface area contributed by atoms with Gasteiger partial charge in [-0.05, 0) is 29.3 Å². The lowest BCUT2D eigenvalue weighted by atomic mass is 10.1. The molecule has 0 aliphatic heterocycles. The first kappa shape index (κ1) is 30.1. The average molecular weight is 584 g/mol. The third kappa shape index (κ3) is 8.51. The van der Waals surface area contributed by atoms with Crippen LogP contribution >= 0.6 is 11.6 Å². The van der Waals surface area contributed by atoms with Crippen molar-refractivity contribution in [3.8, 4) is 11.3 Å². The Morgan fingerprint density at radius 1 is 1.25 bits per heavy atom. The number of rotatable bonds is 11. The summed E-state index contributed by atoms with van der Waals surface area (Å²) in [6.07, 6.45) is -2.14. The number of urea groups is 1. The van der Waals surface area contributed by atoms with Gasteiger partial charge in [0.15, 0.2) is 11.6 Å². The normalized spacial score (nSPS) is 11.8. The smallest absolute Gasteiger partial charge is 0.412 e. The number of azide groups is 1. The molecule has 2 aromatic carbocycles. The molecule has 0 saturated heterocycles.